The van der Waals surface area contributed by atoms with E-state index in [1.165, 1.54) is 22.3 Å². The molecule has 10 nitrogen and oxygen atoms in total. The Morgan fingerprint density at radius 2 is 1.85 bits per heavy atom. The van der Waals surface area contributed by atoms with Crippen molar-refractivity contribution in [1.29, 1.82) is 0 Å². The predicted octanol–water partition coefficient (Wildman–Crippen LogP) is 5.51. The van der Waals surface area contributed by atoms with Crippen molar-refractivity contribution in [1.82, 2.24) is 20.6 Å². The van der Waals surface area contributed by atoms with Crippen LogP contribution in [0.15, 0.2) is 73.6 Å². The summed E-state index contributed by atoms with van der Waals surface area (Å²) in [5, 5.41) is 9.59. The second-order valence-electron chi connectivity index (χ2n) is 9.60. The van der Waals surface area contributed by atoms with Crippen LogP contribution in [0.4, 0.5) is 22.0 Å². The number of urea groups is 1. The smallest absolute Gasteiger partial charge is 0.332 e. The number of nitrogens with zero attached hydrogens (tertiary/aromatic N) is 3. The van der Waals surface area contributed by atoms with Crippen molar-refractivity contribution >= 4 is 56.6 Å². The van der Waals surface area contributed by atoms with Gasteiger partial charge in [0.1, 0.15) is 27.0 Å². The molecular weight excluding hydrogens is 528 g/mol. The van der Waals surface area contributed by atoms with Crippen molar-refractivity contribution in [2.75, 3.05) is 10.2 Å². The van der Waals surface area contributed by atoms with Crippen LogP contribution in [0.25, 0.3) is 10.2 Å². The summed E-state index contributed by atoms with van der Waals surface area (Å²) in [7, 11) is 0. The van der Waals surface area contributed by atoms with Gasteiger partial charge in [0.2, 0.25) is 5.91 Å². The lowest BCUT2D eigenvalue weighted by molar-refractivity contribution is -0.117. The highest BCUT2D eigenvalue weighted by atomic mass is 32.1. The van der Waals surface area contributed by atoms with Gasteiger partial charge >= 0.3 is 6.03 Å². The molecule has 11 heteroatoms. The second kappa shape index (κ2) is 10.8. The summed E-state index contributed by atoms with van der Waals surface area (Å²) in [5.74, 6) is 1.13. The third kappa shape index (κ3) is 4.98. The number of carbonyl (C=O) groups is 3. The molecule has 0 bridgehead atoms. The topological polar surface area (TPSA) is 126 Å². The van der Waals surface area contributed by atoms with Crippen LogP contribution in [0.5, 0.6) is 11.5 Å². The molecular formula is C29H26N6O4S. The van der Waals surface area contributed by atoms with Crippen LogP contribution in [-0.2, 0) is 4.79 Å². The van der Waals surface area contributed by atoms with Gasteiger partial charge in [-0.1, -0.05) is 24.8 Å². The van der Waals surface area contributed by atoms with Crippen LogP contribution in [0.2, 0.25) is 0 Å². The largest absolute Gasteiger partial charge is 0.456 e. The molecule has 6 rings (SSSR count). The first-order valence-electron chi connectivity index (χ1n) is 13.0. The molecule has 1 aliphatic carbocycles. The maximum Gasteiger partial charge on any atom is 0.332 e. The SMILES string of the molecule is C=CC(=O)N[C@H]1CCC[C@H](NC(=O)c2sc3nccc4c3c2NC(=O)N4c2ccc(Oc3ccccc3)cn2)C1. The van der Waals surface area contributed by atoms with Gasteiger partial charge < -0.3 is 20.7 Å². The van der Waals surface area contributed by atoms with E-state index in [1.54, 1.807) is 30.6 Å². The van der Waals surface area contributed by atoms with Gasteiger partial charge in [-0.3, -0.25) is 9.59 Å². The van der Waals surface area contributed by atoms with E-state index in [2.05, 4.69) is 32.5 Å². The van der Waals surface area contributed by atoms with Gasteiger partial charge in [0.05, 0.1) is 23.0 Å². The molecule has 1 saturated carbocycles. The number of ether oxygens (including phenoxy) is 1. The van der Waals surface area contributed by atoms with Crippen molar-refractivity contribution in [2.45, 2.75) is 37.8 Å². The number of hydrogen-bond donors (Lipinski definition) is 3. The number of nitrogens with one attached hydrogen (secondary N) is 3. The van der Waals surface area contributed by atoms with Crippen LogP contribution in [-0.4, -0.2) is 39.9 Å². The van der Waals surface area contributed by atoms with E-state index in [9.17, 15) is 14.4 Å². The Kier molecular flexibility index (Phi) is 6.87. The molecule has 0 spiro atoms. The zero-order chi connectivity index (χ0) is 27.6. The highest BCUT2D eigenvalue weighted by Crippen LogP contribution is 2.45. The van der Waals surface area contributed by atoms with Crippen LogP contribution in [0.3, 0.4) is 0 Å². The van der Waals surface area contributed by atoms with Gasteiger partial charge in [-0.2, -0.15) is 0 Å². The highest BCUT2D eigenvalue weighted by Gasteiger charge is 2.34. The first-order valence-corrected chi connectivity index (χ1v) is 13.8. The second-order valence-corrected chi connectivity index (χ2v) is 10.6. The third-order valence-corrected chi connectivity index (χ3v) is 8.02. The van der Waals surface area contributed by atoms with E-state index in [1.807, 2.05) is 30.3 Å². The Hall–Kier alpha value is -4.77. The first kappa shape index (κ1) is 25.5. The fourth-order valence-corrected chi connectivity index (χ4v) is 6.15. The number of amides is 4. The molecule has 2 atom stereocenters. The van der Waals surface area contributed by atoms with Crippen LogP contribution in [0, 0.1) is 0 Å². The summed E-state index contributed by atoms with van der Waals surface area (Å²) in [6.07, 6.45) is 7.61. The first-order chi connectivity index (χ1) is 19.5. The lowest BCUT2D eigenvalue weighted by Crippen LogP contribution is -2.45. The number of rotatable bonds is 7. The zero-order valence-electron chi connectivity index (χ0n) is 21.4. The predicted molar refractivity (Wildman–Crippen MR) is 153 cm³/mol. The number of para-hydroxylation sites is 1. The maximum absolute atomic E-state index is 13.4. The fourth-order valence-electron chi connectivity index (χ4n) is 5.12. The molecule has 202 valence electrons. The summed E-state index contributed by atoms with van der Waals surface area (Å²) in [6.45, 7) is 3.50. The van der Waals surface area contributed by atoms with E-state index < -0.39 is 6.03 Å². The third-order valence-electron chi connectivity index (χ3n) is 6.92. The van der Waals surface area contributed by atoms with Crippen molar-refractivity contribution < 1.29 is 19.1 Å². The number of benzene rings is 1. The molecule has 1 fully saturated rings. The Labute approximate surface area is 234 Å². The van der Waals surface area contributed by atoms with Gasteiger partial charge in [0.25, 0.3) is 5.91 Å². The van der Waals surface area contributed by atoms with Crippen molar-refractivity contribution in [3.05, 3.63) is 78.5 Å². The fraction of sp³-hybridized carbons (Fsp3) is 0.207. The molecule has 4 aromatic rings. The number of aromatic nitrogens is 2. The lowest BCUT2D eigenvalue weighted by atomic mass is 9.91. The molecule has 40 heavy (non-hydrogen) atoms. The molecule has 4 heterocycles. The Morgan fingerprint density at radius 3 is 2.60 bits per heavy atom. The van der Waals surface area contributed by atoms with Crippen LogP contribution >= 0.6 is 11.3 Å². The number of thiophene rings is 1. The summed E-state index contributed by atoms with van der Waals surface area (Å²) in [4.78, 5) is 49.9. The van der Waals surface area contributed by atoms with Crippen LogP contribution in [0.1, 0.15) is 35.4 Å². The van der Waals surface area contributed by atoms with E-state index in [4.69, 9.17) is 4.74 Å². The molecule has 0 radical (unpaired) electrons. The number of anilines is 3. The van der Waals surface area contributed by atoms with Crippen molar-refractivity contribution in [2.24, 2.45) is 0 Å². The van der Waals surface area contributed by atoms with E-state index in [0.717, 1.165) is 19.3 Å². The molecule has 3 N–H and O–H groups in total. The normalized spacial score (nSPS) is 18.1. The quantitative estimate of drug-likeness (QED) is 0.259. The minimum Gasteiger partial charge on any atom is -0.456 e. The molecule has 1 aromatic carbocycles. The monoisotopic (exact) mass is 554 g/mol. The Bertz CT molecular complexity index is 1600. The molecule has 0 unspecified atom stereocenters. The van der Waals surface area contributed by atoms with Gasteiger partial charge in [0, 0.05) is 18.3 Å². The van der Waals surface area contributed by atoms with E-state index in [-0.39, 0.29) is 23.9 Å². The zero-order valence-corrected chi connectivity index (χ0v) is 22.2. The summed E-state index contributed by atoms with van der Waals surface area (Å²) in [6, 6.07) is 14.0. The summed E-state index contributed by atoms with van der Waals surface area (Å²) in [5.41, 5.74) is 1.03. The van der Waals surface area contributed by atoms with Gasteiger partial charge in [0.15, 0.2) is 0 Å². The van der Waals surface area contributed by atoms with E-state index >= 15 is 0 Å². The lowest BCUT2D eigenvalue weighted by Gasteiger charge is -2.30. The average molecular weight is 555 g/mol. The number of hydrogen-bond acceptors (Lipinski definition) is 7. The van der Waals surface area contributed by atoms with E-state index in [0.29, 0.717) is 50.2 Å². The minimum absolute atomic E-state index is 0.0242. The molecule has 0 saturated heterocycles. The molecule has 1 aliphatic heterocycles. The maximum atomic E-state index is 13.4. The molecule has 3 aromatic heterocycles. The number of pyridine rings is 2. The average Bonchev–Trinajstić information content (AvgIpc) is 3.34. The van der Waals surface area contributed by atoms with Crippen LogP contribution < -0.4 is 25.6 Å². The standard InChI is InChI=1S/C29H26N6O4S/c1-2-23(36)32-17-7-6-8-18(15-17)33-27(37)26-25-24-21(13-14-30-28(24)40-26)35(29(38)34-25)22-12-11-20(16-31-22)39-19-9-4-3-5-10-19/h2-5,9-14,16-18H,1,6-8,15H2,(H,32,36)(H,33,37)(H,34,38)/t17-,18-/m0/s1. The van der Waals surface area contributed by atoms with Gasteiger partial charge in [-0.25, -0.2) is 19.7 Å². The van der Waals surface area contributed by atoms with Gasteiger partial charge in [-0.15, -0.1) is 11.3 Å². The molecule has 4 amide bonds. The molecule has 2 aliphatic rings. The van der Waals surface area contributed by atoms with Crippen molar-refractivity contribution in [3.63, 3.8) is 0 Å². The minimum atomic E-state index is -0.429. The summed E-state index contributed by atoms with van der Waals surface area (Å²) < 4.78 is 5.83. The number of carbonyl (C=O) groups excluding carboxylic acids is 3. The Balaban J connectivity index is 1.24. The Morgan fingerprint density at radius 1 is 1.05 bits per heavy atom. The van der Waals surface area contributed by atoms with Crippen molar-refractivity contribution in [3.8, 4) is 11.5 Å². The van der Waals surface area contributed by atoms with Gasteiger partial charge in [-0.05, 0) is 62.1 Å². The highest BCUT2D eigenvalue weighted by molar-refractivity contribution is 7.21. The summed E-state index contributed by atoms with van der Waals surface area (Å²) >= 11 is 1.23.